The fraction of sp³-hybridized carbons (Fsp3) is 0.400. The van der Waals surface area contributed by atoms with E-state index >= 15 is 0 Å². The van der Waals surface area contributed by atoms with E-state index in [4.69, 9.17) is 4.74 Å². The second-order valence-corrected chi connectivity index (χ2v) is 6.83. The summed E-state index contributed by atoms with van der Waals surface area (Å²) < 4.78 is 47.6. The number of benzene rings is 1. The van der Waals surface area contributed by atoms with Crippen LogP contribution < -0.4 is 15.6 Å². The molecule has 0 bridgehead atoms. The molecule has 2 heterocycles. The summed E-state index contributed by atoms with van der Waals surface area (Å²) in [5.41, 5.74) is -0.238. The van der Waals surface area contributed by atoms with Gasteiger partial charge in [-0.05, 0) is 46.8 Å². The third-order valence-corrected chi connectivity index (χ3v) is 4.88. The topological polar surface area (TPSA) is 54.1 Å². The van der Waals surface area contributed by atoms with E-state index in [1.807, 2.05) is 0 Å². The Hall–Kier alpha value is -1.70. The van der Waals surface area contributed by atoms with Gasteiger partial charge in [0, 0.05) is 5.39 Å². The molecule has 0 spiro atoms. The average Bonchev–Trinajstić information content (AvgIpc) is 3.29. The van der Waals surface area contributed by atoms with E-state index in [1.54, 1.807) is 0 Å². The lowest BCUT2D eigenvalue weighted by atomic mass is 10.0. The second kappa shape index (κ2) is 4.90. The molecule has 1 aromatic heterocycles. The van der Waals surface area contributed by atoms with Gasteiger partial charge in [-0.3, -0.25) is 4.79 Å². The van der Waals surface area contributed by atoms with Gasteiger partial charge in [-0.2, -0.15) is 0 Å². The van der Waals surface area contributed by atoms with Gasteiger partial charge in [-0.25, -0.2) is 13.2 Å². The lowest BCUT2D eigenvalue weighted by Gasteiger charge is -2.25. The Morgan fingerprint density at radius 2 is 2.04 bits per heavy atom. The van der Waals surface area contributed by atoms with Gasteiger partial charge in [-0.1, -0.05) is 0 Å². The number of anilines is 1. The van der Waals surface area contributed by atoms with Crippen LogP contribution in [0, 0.1) is 11.7 Å². The molecular weight excluding hydrogens is 377 g/mol. The first-order valence-electron chi connectivity index (χ1n) is 7.19. The van der Waals surface area contributed by atoms with Crippen molar-refractivity contribution in [2.24, 2.45) is 5.92 Å². The van der Waals surface area contributed by atoms with Crippen molar-refractivity contribution in [1.82, 2.24) is 4.98 Å². The van der Waals surface area contributed by atoms with Crippen LogP contribution in [0.2, 0.25) is 0 Å². The van der Waals surface area contributed by atoms with Crippen molar-refractivity contribution in [1.29, 1.82) is 0 Å². The smallest absolute Gasteiger partial charge is 0.301 e. The van der Waals surface area contributed by atoms with E-state index in [9.17, 15) is 18.0 Å². The third kappa shape index (κ3) is 2.39. The molecule has 4 nitrogen and oxygen atoms in total. The Kier molecular flexibility index (Phi) is 3.16. The maximum absolute atomic E-state index is 14.3. The number of nitrogens with one attached hydrogen (secondary N) is 2. The monoisotopic (exact) mass is 388 g/mol. The van der Waals surface area contributed by atoms with Crippen molar-refractivity contribution >= 4 is 32.5 Å². The molecule has 1 aliphatic heterocycles. The Morgan fingerprint density at radius 3 is 2.74 bits per heavy atom. The quantitative estimate of drug-likeness (QED) is 0.783. The summed E-state index contributed by atoms with van der Waals surface area (Å²) in [7, 11) is 0. The number of alkyl halides is 2. The fourth-order valence-electron chi connectivity index (χ4n) is 2.96. The van der Waals surface area contributed by atoms with E-state index < -0.39 is 29.9 Å². The van der Waals surface area contributed by atoms with E-state index in [2.05, 4.69) is 26.2 Å². The van der Waals surface area contributed by atoms with Crippen LogP contribution in [0.25, 0.3) is 10.9 Å². The molecule has 0 radical (unpaired) electrons. The average molecular weight is 389 g/mol. The minimum absolute atomic E-state index is 0.155. The molecule has 1 fully saturated rings. The summed E-state index contributed by atoms with van der Waals surface area (Å²) in [4.78, 5) is 14.6. The number of H-pyrrole nitrogens is 1. The van der Waals surface area contributed by atoms with Crippen molar-refractivity contribution in [3.05, 3.63) is 32.8 Å². The number of fused-ring (bicyclic) bond motifs is 3. The van der Waals surface area contributed by atoms with Gasteiger partial charge in [0.05, 0.1) is 21.7 Å². The number of hydrogen-bond donors (Lipinski definition) is 2. The van der Waals surface area contributed by atoms with Crippen molar-refractivity contribution < 1.29 is 17.9 Å². The van der Waals surface area contributed by atoms with Crippen LogP contribution in [0.4, 0.5) is 18.9 Å². The van der Waals surface area contributed by atoms with Crippen molar-refractivity contribution in [2.45, 2.75) is 24.8 Å². The van der Waals surface area contributed by atoms with E-state index in [-0.39, 0.29) is 27.3 Å². The summed E-state index contributed by atoms with van der Waals surface area (Å²) in [6.45, 7) is -0.856. The SMILES string of the molecule is O=c1[nH]c2cc(F)c(Br)cc2c2c1OCC(F)(F)[C@H](C1CC1)N2. The summed E-state index contributed by atoms with van der Waals surface area (Å²) in [6, 6.07) is 1.50. The molecule has 2 N–H and O–H groups in total. The first-order valence-corrected chi connectivity index (χ1v) is 7.98. The van der Waals surface area contributed by atoms with Gasteiger partial charge in [0.25, 0.3) is 5.56 Å². The summed E-state index contributed by atoms with van der Waals surface area (Å²) in [5.74, 6) is -3.97. The van der Waals surface area contributed by atoms with Crippen LogP contribution in [0.5, 0.6) is 5.75 Å². The molecule has 122 valence electrons. The van der Waals surface area contributed by atoms with Crippen molar-refractivity contribution in [3.8, 4) is 5.75 Å². The molecule has 23 heavy (non-hydrogen) atoms. The molecular formula is C15H12BrF3N2O2. The summed E-state index contributed by atoms with van der Waals surface area (Å²) in [6.07, 6.45) is 1.42. The Balaban J connectivity index is 1.95. The third-order valence-electron chi connectivity index (χ3n) is 4.27. The molecule has 0 saturated heterocycles. The highest BCUT2D eigenvalue weighted by atomic mass is 79.9. The summed E-state index contributed by atoms with van der Waals surface area (Å²) in [5, 5.41) is 3.23. The van der Waals surface area contributed by atoms with Gasteiger partial charge in [-0.15, -0.1) is 0 Å². The number of hydrogen-bond acceptors (Lipinski definition) is 3. The molecule has 2 aliphatic rings. The molecule has 8 heteroatoms. The molecule has 0 amide bonds. The zero-order valence-corrected chi connectivity index (χ0v) is 13.3. The summed E-state index contributed by atoms with van der Waals surface area (Å²) >= 11 is 3.08. The molecule has 1 saturated carbocycles. The molecule has 0 unspecified atom stereocenters. The highest BCUT2D eigenvalue weighted by Crippen LogP contribution is 2.45. The first-order chi connectivity index (χ1) is 10.9. The normalized spacial score (nSPS) is 22.9. The van der Waals surface area contributed by atoms with Crippen LogP contribution in [-0.4, -0.2) is 23.6 Å². The maximum atomic E-state index is 14.3. The minimum atomic E-state index is -3.09. The number of aromatic nitrogens is 1. The Labute approximate surface area is 137 Å². The second-order valence-electron chi connectivity index (χ2n) is 5.98. The lowest BCUT2D eigenvalue weighted by molar-refractivity contribution is -0.0578. The zero-order chi connectivity index (χ0) is 16.4. The van der Waals surface area contributed by atoms with Gasteiger partial charge in [0.15, 0.2) is 6.61 Å². The molecule has 1 aliphatic carbocycles. The Morgan fingerprint density at radius 1 is 1.30 bits per heavy atom. The fourth-order valence-corrected chi connectivity index (χ4v) is 3.31. The standard InChI is InChI=1S/C15H12BrF3N2O2/c16-8-3-7-10(4-9(8)17)20-14(22)12-11(7)21-13(6-1-2-6)15(18,19)5-23-12/h3-4,6,13,21H,1-2,5H2,(H,20,22)/t13-/m0/s1. The number of pyridine rings is 1. The number of halogens is 4. The van der Waals surface area contributed by atoms with E-state index in [1.165, 1.54) is 6.07 Å². The van der Waals surface area contributed by atoms with Crippen LogP contribution in [0.15, 0.2) is 21.4 Å². The molecule has 1 aromatic carbocycles. The number of ether oxygens (including phenoxy) is 1. The molecule has 2 aromatic rings. The predicted octanol–water partition coefficient (Wildman–Crippen LogP) is 3.65. The first kappa shape index (κ1) is 14.9. The van der Waals surface area contributed by atoms with Crippen molar-refractivity contribution in [2.75, 3.05) is 11.9 Å². The van der Waals surface area contributed by atoms with Crippen molar-refractivity contribution in [3.63, 3.8) is 0 Å². The van der Waals surface area contributed by atoms with E-state index in [0.717, 1.165) is 6.07 Å². The van der Waals surface area contributed by atoms with Crippen LogP contribution in [-0.2, 0) is 0 Å². The van der Waals surface area contributed by atoms with Crippen LogP contribution in [0.1, 0.15) is 12.8 Å². The highest BCUT2D eigenvalue weighted by molar-refractivity contribution is 9.10. The van der Waals surface area contributed by atoms with Gasteiger partial charge < -0.3 is 15.0 Å². The number of aromatic amines is 1. The van der Waals surface area contributed by atoms with Crippen LogP contribution in [0.3, 0.4) is 0 Å². The van der Waals surface area contributed by atoms with Crippen LogP contribution >= 0.6 is 15.9 Å². The van der Waals surface area contributed by atoms with Gasteiger partial charge in [0.1, 0.15) is 5.82 Å². The number of rotatable bonds is 1. The predicted molar refractivity (Wildman–Crippen MR) is 82.8 cm³/mol. The maximum Gasteiger partial charge on any atom is 0.301 e. The van der Waals surface area contributed by atoms with E-state index in [0.29, 0.717) is 18.2 Å². The van der Waals surface area contributed by atoms with Gasteiger partial charge >= 0.3 is 5.92 Å². The zero-order valence-electron chi connectivity index (χ0n) is 11.8. The molecule has 1 atom stereocenters. The minimum Gasteiger partial charge on any atom is -0.480 e. The molecule has 4 rings (SSSR count). The lowest BCUT2D eigenvalue weighted by Crippen LogP contribution is -2.44. The Bertz CT molecular complexity index is 864. The van der Waals surface area contributed by atoms with Gasteiger partial charge in [0.2, 0.25) is 5.75 Å². The largest absolute Gasteiger partial charge is 0.480 e. The highest BCUT2D eigenvalue weighted by Gasteiger charge is 2.51.